The predicted molar refractivity (Wildman–Crippen MR) is 124 cm³/mol. The third-order valence-electron chi connectivity index (χ3n) is 5.93. The minimum Gasteiger partial charge on any atom is -0.368 e. The van der Waals surface area contributed by atoms with Crippen molar-refractivity contribution in [3.63, 3.8) is 0 Å². The lowest BCUT2D eigenvalue weighted by atomic mass is 10.2. The molecule has 3 heterocycles. The molecule has 33 heavy (non-hydrogen) atoms. The number of thiazole rings is 1. The molecule has 0 bridgehead atoms. The third-order valence-corrected chi connectivity index (χ3v) is 6.74. The van der Waals surface area contributed by atoms with Crippen molar-refractivity contribution in [2.45, 2.75) is 13.3 Å². The van der Waals surface area contributed by atoms with Crippen LogP contribution in [0.5, 0.6) is 0 Å². The van der Waals surface area contributed by atoms with Gasteiger partial charge in [-0.15, -0.1) is 11.3 Å². The quantitative estimate of drug-likeness (QED) is 0.731. The van der Waals surface area contributed by atoms with E-state index in [2.05, 4.69) is 15.2 Å². The zero-order valence-electron chi connectivity index (χ0n) is 18.5. The number of hydrogen-bond donors (Lipinski definition) is 1. The second-order valence-electron chi connectivity index (χ2n) is 8.09. The summed E-state index contributed by atoms with van der Waals surface area (Å²) in [7, 11) is 0. The summed E-state index contributed by atoms with van der Waals surface area (Å²) in [4.78, 5) is 48.3. The van der Waals surface area contributed by atoms with Crippen molar-refractivity contribution >= 4 is 40.0 Å². The van der Waals surface area contributed by atoms with Gasteiger partial charge >= 0.3 is 6.03 Å². The first-order chi connectivity index (χ1) is 15.9. The molecular weight excluding hydrogens is 447 g/mol. The molecule has 1 aromatic carbocycles. The first kappa shape index (κ1) is 23.0. The van der Waals surface area contributed by atoms with Crippen molar-refractivity contribution in [2.75, 3.05) is 62.6 Å². The van der Waals surface area contributed by atoms with Crippen molar-refractivity contribution < 1.29 is 18.8 Å². The Labute approximate surface area is 195 Å². The summed E-state index contributed by atoms with van der Waals surface area (Å²) in [6.07, 6.45) is 0.181. The van der Waals surface area contributed by atoms with Crippen LogP contribution in [-0.2, 0) is 16.0 Å². The maximum absolute atomic E-state index is 13.1. The van der Waals surface area contributed by atoms with Crippen LogP contribution >= 0.6 is 11.3 Å². The fourth-order valence-corrected chi connectivity index (χ4v) is 4.67. The first-order valence-corrected chi connectivity index (χ1v) is 11.8. The highest BCUT2D eigenvalue weighted by Crippen LogP contribution is 2.20. The molecule has 9 nitrogen and oxygen atoms in total. The highest BCUT2D eigenvalue weighted by molar-refractivity contribution is 7.13. The smallest absolute Gasteiger partial charge is 0.323 e. The van der Waals surface area contributed by atoms with Gasteiger partial charge in [0.25, 0.3) is 0 Å². The largest absolute Gasteiger partial charge is 0.368 e. The molecule has 2 fully saturated rings. The van der Waals surface area contributed by atoms with Crippen LogP contribution in [0.15, 0.2) is 29.6 Å². The summed E-state index contributed by atoms with van der Waals surface area (Å²) in [6, 6.07) is 6.14. The van der Waals surface area contributed by atoms with Crippen molar-refractivity contribution in [3.8, 4) is 0 Å². The zero-order valence-corrected chi connectivity index (χ0v) is 19.3. The van der Waals surface area contributed by atoms with Gasteiger partial charge in [0.2, 0.25) is 11.8 Å². The Morgan fingerprint density at radius 1 is 0.939 bits per heavy atom. The van der Waals surface area contributed by atoms with Gasteiger partial charge in [0.05, 0.1) is 12.1 Å². The van der Waals surface area contributed by atoms with Crippen molar-refractivity contribution in [3.05, 3.63) is 41.2 Å². The summed E-state index contributed by atoms with van der Waals surface area (Å²) >= 11 is 1.29. The number of carbonyl (C=O) groups is 3. The Hall–Kier alpha value is -3.21. The number of nitrogens with zero attached hydrogens (tertiary/aromatic N) is 5. The molecular formula is C22H27FN6O3S. The molecule has 0 atom stereocenters. The molecule has 2 aliphatic rings. The van der Waals surface area contributed by atoms with Crippen molar-refractivity contribution in [1.82, 2.24) is 19.7 Å². The van der Waals surface area contributed by atoms with Crippen LogP contribution in [0.3, 0.4) is 0 Å². The molecule has 1 N–H and O–H groups in total. The lowest BCUT2D eigenvalue weighted by Gasteiger charge is -2.36. The van der Waals surface area contributed by atoms with Gasteiger partial charge in [-0.2, -0.15) is 0 Å². The van der Waals surface area contributed by atoms with Gasteiger partial charge in [0.15, 0.2) is 5.13 Å². The third kappa shape index (κ3) is 5.78. The molecule has 0 spiro atoms. The van der Waals surface area contributed by atoms with E-state index in [1.165, 1.54) is 30.4 Å². The molecule has 1 aromatic heterocycles. The number of rotatable bonds is 4. The molecule has 0 saturated carbocycles. The summed E-state index contributed by atoms with van der Waals surface area (Å²) in [5.41, 5.74) is 1.58. The fourth-order valence-electron chi connectivity index (χ4n) is 3.97. The van der Waals surface area contributed by atoms with Crippen LogP contribution in [0.4, 0.5) is 20.0 Å². The van der Waals surface area contributed by atoms with E-state index in [0.717, 1.165) is 5.69 Å². The molecule has 176 valence electrons. The van der Waals surface area contributed by atoms with Crippen LogP contribution in [0.2, 0.25) is 0 Å². The highest BCUT2D eigenvalue weighted by atomic mass is 32.1. The minimum atomic E-state index is -0.262. The Kier molecular flexibility index (Phi) is 7.07. The van der Waals surface area contributed by atoms with E-state index >= 15 is 0 Å². The van der Waals surface area contributed by atoms with Crippen molar-refractivity contribution in [1.29, 1.82) is 0 Å². The molecule has 4 amide bonds. The van der Waals surface area contributed by atoms with Crippen LogP contribution in [0.1, 0.15) is 12.6 Å². The number of piperazine rings is 2. The summed E-state index contributed by atoms with van der Waals surface area (Å²) < 4.78 is 13.1. The predicted octanol–water partition coefficient (Wildman–Crippen LogP) is 1.87. The number of anilines is 2. The van der Waals surface area contributed by atoms with Crippen LogP contribution in [0.25, 0.3) is 0 Å². The molecule has 11 heteroatoms. The lowest BCUT2D eigenvalue weighted by Crippen LogP contribution is -2.51. The number of halogens is 1. The van der Waals surface area contributed by atoms with E-state index < -0.39 is 0 Å². The molecule has 2 aromatic rings. The van der Waals surface area contributed by atoms with Crippen molar-refractivity contribution in [2.24, 2.45) is 0 Å². The summed E-state index contributed by atoms with van der Waals surface area (Å²) in [5, 5.41) is 5.03. The van der Waals surface area contributed by atoms with E-state index in [0.29, 0.717) is 63.2 Å². The van der Waals surface area contributed by atoms with Gasteiger partial charge in [-0.1, -0.05) is 0 Å². The average Bonchev–Trinajstić information content (AvgIpc) is 3.26. The molecule has 2 saturated heterocycles. The van der Waals surface area contributed by atoms with E-state index in [1.54, 1.807) is 27.3 Å². The van der Waals surface area contributed by atoms with Crippen LogP contribution < -0.4 is 10.2 Å². The van der Waals surface area contributed by atoms with E-state index in [9.17, 15) is 18.8 Å². The van der Waals surface area contributed by atoms with Gasteiger partial charge in [-0.05, 0) is 24.3 Å². The monoisotopic (exact) mass is 474 g/mol. The number of amides is 4. The van der Waals surface area contributed by atoms with Gasteiger partial charge < -0.3 is 19.6 Å². The van der Waals surface area contributed by atoms with Gasteiger partial charge in [-0.3, -0.25) is 14.9 Å². The standard InChI is InChI=1S/C22H27FN6O3S/c1-16(30)26-6-12-29(13-7-26)22(32)25-21-24-18(15-33-21)14-20(31)28-10-8-27(9-11-28)19-4-2-17(23)3-5-19/h2-5,15H,6-14H2,1H3,(H,24,25,32). The second kappa shape index (κ2) is 10.2. The Balaban J connectivity index is 1.23. The fraction of sp³-hybridized carbons (Fsp3) is 0.455. The van der Waals surface area contributed by atoms with E-state index in [1.807, 2.05) is 4.90 Å². The summed E-state index contributed by atoms with van der Waals surface area (Å²) in [6.45, 7) is 6.09. The molecule has 2 aliphatic heterocycles. The maximum Gasteiger partial charge on any atom is 0.323 e. The van der Waals surface area contributed by atoms with Crippen LogP contribution in [-0.4, -0.2) is 89.9 Å². The van der Waals surface area contributed by atoms with Gasteiger partial charge in [-0.25, -0.2) is 14.2 Å². The number of carbonyl (C=O) groups excluding carboxylic acids is 3. The number of hydrogen-bond acceptors (Lipinski definition) is 6. The van der Waals surface area contributed by atoms with Gasteiger partial charge in [0.1, 0.15) is 5.82 Å². The Bertz CT molecular complexity index is 998. The zero-order chi connectivity index (χ0) is 23.4. The first-order valence-electron chi connectivity index (χ1n) is 10.9. The lowest BCUT2D eigenvalue weighted by molar-refractivity contribution is -0.131. The summed E-state index contributed by atoms with van der Waals surface area (Å²) in [5.74, 6) is -0.250. The molecule has 4 rings (SSSR count). The highest BCUT2D eigenvalue weighted by Gasteiger charge is 2.24. The normalized spacial score (nSPS) is 16.7. The number of nitrogens with one attached hydrogen (secondary N) is 1. The Morgan fingerprint density at radius 2 is 1.55 bits per heavy atom. The topological polar surface area (TPSA) is 89.1 Å². The van der Waals surface area contributed by atoms with E-state index in [-0.39, 0.29) is 30.1 Å². The molecule has 0 unspecified atom stereocenters. The average molecular weight is 475 g/mol. The van der Waals surface area contributed by atoms with E-state index in [4.69, 9.17) is 0 Å². The SMILES string of the molecule is CC(=O)N1CCN(C(=O)Nc2nc(CC(=O)N3CCN(c4ccc(F)cc4)CC3)cs2)CC1. The second-order valence-corrected chi connectivity index (χ2v) is 8.95. The number of benzene rings is 1. The number of urea groups is 1. The molecule has 0 radical (unpaired) electrons. The Morgan fingerprint density at radius 3 is 2.18 bits per heavy atom. The number of aromatic nitrogens is 1. The minimum absolute atomic E-state index is 0.00251. The maximum atomic E-state index is 13.1. The van der Waals surface area contributed by atoms with Gasteiger partial charge in [0, 0.05) is 70.3 Å². The van der Waals surface area contributed by atoms with Crippen LogP contribution in [0, 0.1) is 5.82 Å². The molecule has 0 aliphatic carbocycles.